The van der Waals surface area contributed by atoms with Gasteiger partial charge in [0, 0.05) is 0 Å². The quantitative estimate of drug-likeness (QED) is 0.828. The fourth-order valence-corrected chi connectivity index (χ4v) is 2.61. The molecule has 0 amide bonds. The minimum absolute atomic E-state index is 0.0573. The number of aryl methyl sites for hydroxylation is 1. The number of aromatic carboxylic acids is 1. The fourth-order valence-electron chi connectivity index (χ4n) is 0.905. The first kappa shape index (κ1) is 11.9. The van der Waals surface area contributed by atoms with Crippen LogP contribution in [0.25, 0.3) is 0 Å². The second-order valence-electron chi connectivity index (χ2n) is 2.78. The molecule has 0 unspecified atom stereocenters. The number of aromatic nitrogens is 1. The Morgan fingerprint density at radius 2 is 2.20 bits per heavy atom. The molecule has 0 aliphatic carbocycles. The highest BCUT2D eigenvalue weighted by Crippen LogP contribution is 2.25. The summed E-state index contributed by atoms with van der Waals surface area (Å²) in [6.45, 7) is 2.99. The molecule has 0 aromatic carbocycles. The molecular weight excluding hydrogens is 240 g/mol. The van der Waals surface area contributed by atoms with Crippen LogP contribution in [0.15, 0.2) is 0 Å². The normalized spacial score (nSPS) is 11.3. The van der Waals surface area contributed by atoms with Gasteiger partial charge < -0.3 is 5.11 Å². The van der Waals surface area contributed by atoms with Crippen molar-refractivity contribution >= 4 is 32.5 Å². The van der Waals surface area contributed by atoms with E-state index in [9.17, 15) is 13.2 Å². The zero-order chi connectivity index (χ0) is 11.6. The Morgan fingerprint density at radius 3 is 2.67 bits per heavy atom. The van der Waals surface area contributed by atoms with Gasteiger partial charge in [0.15, 0.2) is 0 Å². The van der Waals surface area contributed by atoms with Gasteiger partial charge in [0.05, 0.1) is 11.4 Å². The van der Waals surface area contributed by atoms with Gasteiger partial charge in [-0.05, 0) is 25.4 Å². The summed E-state index contributed by atoms with van der Waals surface area (Å²) in [5.41, 5.74) is 0.221. The van der Waals surface area contributed by atoms with Crippen LogP contribution in [0, 0.1) is 6.92 Å². The van der Waals surface area contributed by atoms with Gasteiger partial charge in [-0.25, -0.2) is 13.2 Å². The van der Waals surface area contributed by atoms with Crippen LogP contribution in [0.3, 0.4) is 0 Å². The Hall–Kier alpha value is -1.15. The lowest BCUT2D eigenvalue weighted by molar-refractivity contribution is 0.0697. The van der Waals surface area contributed by atoms with Crippen LogP contribution in [0.4, 0.5) is 5.00 Å². The first-order chi connectivity index (χ1) is 6.87. The van der Waals surface area contributed by atoms with Gasteiger partial charge in [-0.15, -0.1) is 0 Å². The maximum absolute atomic E-state index is 11.2. The Labute approximate surface area is 91.2 Å². The standard InChI is InChI=1S/C7H10N2O4S2/c1-3-15(12,13)9-6-5(7(10)11)4(2)8-14-6/h9H,3H2,1-2H3,(H,10,11). The van der Waals surface area contributed by atoms with E-state index in [-0.39, 0.29) is 16.3 Å². The molecule has 8 heteroatoms. The van der Waals surface area contributed by atoms with Crippen molar-refractivity contribution in [1.29, 1.82) is 0 Å². The Balaban J connectivity index is 3.12. The first-order valence-electron chi connectivity index (χ1n) is 4.07. The second kappa shape index (κ2) is 4.15. The second-order valence-corrected chi connectivity index (χ2v) is 5.57. The molecule has 0 fully saturated rings. The smallest absolute Gasteiger partial charge is 0.340 e. The topological polar surface area (TPSA) is 96.4 Å². The molecule has 0 saturated heterocycles. The third-order valence-corrected chi connectivity index (χ3v) is 3.96. The van der Waals surface area contributed by atoms with Gasteiger partial charge in [0.25, 0.3) is 0 Å². The van der Waals surface area contributed by atoms with Crippen molar-refractivity contribution in [2.24, 2.45) is 0 Å². The number of hydrogen-bond acceptors (Lipinski definition) is 5. The minimum atomic E-state index is -3.46. The maximum Gasteiger partial charge on any atom is 0.340 e. The van der Waals surface area contributed by atoms with Crippen LogP contribution in [0.5, 0.6) is 0 Å². The monoisotopic (exact) mass is 250 g/mol. The number of carboxylic acid groups (broad SMARTS) is 1. The van der Waals surface area contributed by atoms with Crippen molar-refractivity contribution in [2.45, 2.75) is 13.8 Å². The number of anilines is 1. The van der Waals surface area contributed by atoms with Crippen molar-refractivity contribution in [2.75, 3.05) is 10.5 Å². The fraction of sp³-hybridized carbons (Fsp3) is 0.429. The average molecular weight is 250 g/mol. The molecule has 1 aromatic rings. The van der Waals surface area contributed by atoms with Crippen LogP contribution in [0.1, 0.15) is 23.0 Å². The van der Waals surface area contributed by atoms with E-state index >= 15 is 0 Å². The SMILES string of the molecule is CCS(=O)(=O)Nc1snc(C)c1C(=O)O. The lowest BCUT2D eigenvalue weighted by Crippen LogP contribution is -2.15. The lowest BCUT2D eigenvalue weighted by atomic mass is 10.2. The Morgan fingerprint density at radius 1 is 1.60 bits per heavy atom. The van der Waals surface area contributed by atoms with Gasteiger partial charge in [-0.3, -0.25) is 4.72 Å². The van der Waals surface area contributed by atoms with Crippen LogP contribution >= 0.6 is 11.5 Å². The van der Waals surface area contributed by atoms with Crippen molar-refractivity contribution in [3.8, 4) is 0 Å². The van der Waals surface area contributed by atoms with Crippen molar-refractivity contribution in [3.63, 3.8) is 0 Å². The molecule has 1 heterocycles. The summed E-state index contributed by atoms with van der Waals surface area (Å²) in [5, 5.41) is 8.89. The summed E-state index contributed by atoms with van der Waals surface area (Å²) >= 11 is 0.826. The molecule has 1 aromatic heterocycles. The number of hydrogen-bond donors (Lipinski definition) is 2. The highest BCUT2D eigenvalue weighted by atomic mass is 32.2. The summed E-state index contributed by atoms with van der Waals surface area (Å²) in [4.78, 5) is 10.8. The molecule has 0 aliphatic heterocycles. The molecule has 0 saturated carbocycles. The summed E-state index contributed by atoms with van der Waals surface area (Å²) in [7, 11) is -3.46. The molecule has 6 nitrogen and oxygen atoms in total. The number of carbonyl (C=O) groups is 1. The summed E-state index contributed by atoms with van der Waals surface area (Å²) < 4.78 is 28.4. The number of rotatable bonds is 4. The summed E-state index contributed by atoms with van der Waals surface area (Å²) in [6.07, 6.45) is 0. The molecule has 0 aliphatic rings. The van der Waals surface area contributed by atoms with Gasteiger partial charge in [0.2, 0.25) is 10.0 Å². The Bertz CT molecular complexity index is 477. The molecule has 84 valence electrons. The minimum Gasteiger partial charge on any atom is -0.478 e. The van der Waals surface area contributed by atoms with E-state index in [1.165, 1.54) is 13.8 Å². The number of carboxylic acids is 1. The van der Waals surface area contributed by atoms with Gasteiger partial charge >= 0.3 is 5.97 Å². The van der Waals surface area contributed by atoms with E-state index < -0.39 is 16.0 Å². The highest BCUT2D eigenvalue weighted by molar-refractivity contribution is 7.92. The third kappa shape index (κ3) is 2.66. The van der Waals surface area contributed by atoms with Gasteiger partial charge in [0.1, 0.15) is 10.6 Å². The van der Waals surface area contributed by atoms with E-state index in [0.29, 0.717) is 5.69 Å². The van der Waals surface area contributed by atoms with E-state index in [4.69, 9.17) is 5.11 Å². The predicted molar refractivity (Wildman–Crippen MR) is 56.9 cm³/mol. The zero-order valence-electron chi connectivity index (χ0n) is 8.14. The third-order valence-electron chi connectivity index (χ3n) is 1.70. The highest BCUT2D eigenvalue weighted by Gasteiger charge is 2.20. The first-order valence-corrected chi connectivity index (χ1v) is 6.50. The molecule has 0 bridgehead atoms. The van der Waals surface area contributed by atoms with Crippen LogP contribution < -0.4 is 4.72 Å². The van der Waals surface area contributed by atoms with E-state index in [2.05, 4.69) is 9.10 Å². The van der Waals surface area contributed by atoms with Gasteiger partial charge in [-0.1, -0.05) is 0 Å². The van der Waals surface area contributed by atoms with E-state index in [1.807, 2.05) is 0 Å². The average Bonchev–Trinajstić information content (AvgIpc) is 2.46. The van der Waals surface area contributed by atoms with Crippen molar-refractivity contribution in [1.82, 2.24) is 4.37 Å². The number of nitrogens with one attached hydrogen (secondary N) is 1. The van der Waals surface area contributed by atoms with Gasteiger partial charge in [-0.2, -0.15) is 4.37 Å². The van der Waals surface area contributed by atoms with Crippen LogP contribution in [-0.4, -0.2) is 29.6 Å². The largest absolute Gasteiger partial charge is 0.478 e. The Kier molecular flexibility index (Phi) is 3.30. The van der Waals surface area contributed by atoms with Crippen LogP contribution in [0.2, 0.25) is 0 Å². The zero-order valence-corrected chi connectivity index (χ0v) is 9.78. The predicted octanol–water partition coefficient (Wildman–Crippen LogP) is 0.911. The molecule has 0 atom stereocenters. The molecule has 0 spiro atoms. The number of nitrogens with zero attached hydrogens (tertiary/aromatic N) is 1. The van der Waals surface area contributed by atoms with E-state index in [1.54, 1.807) is 0 Å². The molecule has 15 heavy (non-hydrogen) atoms. The summed E-state index contributed by atoms with van der Waals surface area (Å²) in [6, 6.07) is 0. The molecule has 0 radical (unpaired) electrons. The van der Waals surface area contributed by atoms with Crippen molar-refractivity contribution in [3.05, 3.63) is 11.3 Å². The maximum atomic E-state index is 11.2. The van der Waals surface area contributed by atoms with Crippen molar-refractivity contribution < 1.29 is 18.3 Å². The summed E-state index contributed by atoms with van der Waals surface area (Å²) in [5.74, 6) is -1.29. The molecule has 1 rings (SSSR count). The lowest BCUT2D eigenvalue weighted by Gasteiger charge is -2.03. The molecule has 2 N–H and O–H groups in total. The van der Waals surface area contributed by atoms with Crippen LogP contribution in [-0.2, 0) is 10.0 Å². The number of sulfonamides is 1. The molecular formula is C7H10N2O4S2. The van der Waals surface area contributed by atoms with E-state index in [0.717, 1.165) is 11.5 Å².